The number of carbonyl (C=O) groups excluding carboxylic acids is 1. The van der Waals surface area contributed by atoms with Crippen molar-refractivity contribution in [1.29, 1.82) is 0 Å². The van der Waals surface area contributed by atoms with E-state index in [9.17, 15) is 9.90 Å². The zero-order chi connectivity index (χ0) is 13.9. The van der Waals surface area contributed by atoms with Gasteiger partial charge in [-0.15, -0.1) is 0 Å². The van der Waals surface area contributed by atoms with Gasteiger partial charge < -0.3 is 9.84 Å². The van der Waals surface area contributed by atoms with Gasteiger partial charge in [0, 0.05) is 5.57 Å². The van der Waals surface area contributed by atoms with Crippen LogP contribution in [0.3, 0.4) is 0 Å². The third-order valence-electron chi connectivity index (χ3n) is 3.37. The maximum absolute atomic E-state index is 11.5. The highest BCUT2D eigenvalue weighted by atomic mass is 16.5. The Morgan fingerprint density at radius 1 is 1.32 bits per heavy atom. The third-order valence-corrected chi connectivity index (χ3v) is 3.37. The van der Waals surface area contributed by atoms with Crippen LogP contribution in [0, 0.1) is 0 Å². The molecule has 0 heterocycles. The van der Waals surface area contributed by atoms with Crippen molar-refractivity contribution >= 4 is 5.97 Å². The van der Waals surface area contributed by atoms with Crippen molar-refractivity contribution in [2.24, 2.45) is 0 Å². The lowest BCUT2D eigenvalue weighted by molar-refractivity contribution is -0.143. The lowest BCUT2D eigenvalue weighted by Gasteiger charge is -2.31. The molecule has 0 aromatic rings. The SMILES string of the molecule is C=C(C)C(=O)OCC(O)(C1=CC=CC1)C1=CC=CC1. The van der Waals surface area contributed by atoms with Gasteiger partial charge in [0.1, 0.15) is 12.2 Å². The highest BCUT2D eigenvalue weighted by Gasteiger charge is 2.37. The fourth-order valence-corrected chi connectivity index (χ4v) is 2.19. The number of allylic oxidation sites excluding steroid dienone is 6. The second-order valence-corrected chi connectivity index (χ2v) is 4.87. The molecule has 19 heavy (non-hydrogen) atoms. The average Bonchev–Trinajstić information content (AvgIpc) is 3.06. The van der Waals surface area contributed by atoms with E-state index in [2.05, 4.69) is 6.58 Å². The van der Waals surface area contributed by atoms with Crippen LogP contribution in [0.25, 0.3) is 0 Å². The summed E-state index contributed by atoms with van der Waals surface area (Å²) in [7, 11) is 0. The Morgan fingerprint density at radius 2 is 1.84 bits per heavy atom. The highest BCUT2D eigenvalue weighted by Crippen LogP contribution is 2.35. The monoisotopic (exact) mass is 258 g/mol. The van der Waals surface area contributed by atoms with E-state index in [0.717, 1.165) is 11.1 Å². The van der Waals surface area contributed by atoms with Crippen LogP contribution in [0.4, 0.5) is 0 Å². The van der Waals surface area contributed by atoms with E-state index in [-0.39, 0.29) is 6.61 Å². The predicted molar refractivity (Wildman–Crippen MR) is 74.4 cm³/mol. The lowest BCUT2D eigenvalue weighted by atomic mass is 9.85. The number of hydrogen-bond acceptors (Lipinski definition) is 3. The van der Waals surface area contributed by atoms with E-state index < -0.39 is 11.6 Å². The summed E-state index contributed by atoms with van der Waals surface area (Å²) in [6.45, 7) is 5.06. The van der Waals surface area contributed by atoms with Crippen LogP contribution in [0.2, 0.25) is 0 Å². The summed E-state index contributed by atoms with van der Waals surface area (Å²) in [5, 5.41) is 10.9. The molecule has 0 amide bonds. The van der Waals surface area contributed by atoms with Crippen molar-refractivity contribution in [1.82, 2.24) is 0 Å². The first-order chi connectivity index (χ1) is 9.04. The molecule has 3 heteroatoms. The zero-order valence-corrected chi connectivity index (χ0v) is 11.1. The van der Waals surface area contributed by atoms with Crippen LogP contribution in [0.15, 0.2) is 59.8 Å². The minimum atomic E-state index is -1.21. The molecule has 2 aliphatic rings. The molecule has 0 unspecified atom stereocenters. The van der Waals surface area contributed by atoms with Gasteiger partial charge in [0.15, 0.2) is 0 Å². The molecule has 0 spiro atoms. The van der Waals surface area contributed by atoms with Crippen molar-refractivity contribution in [2.45, 2.75) is 25.4 Å². The summed E-state index contributed by atoms with van der Waals surface area (Å²) < 4.78 is 5.17. The van der Waals surface area contributed by atoms with E-state index in [1.165, 1.54) is 0 Å². The first kappa shape index (κ1) is 13.6. The molecule has 0 atom stereocenters. The minimum absolute atomic E-state index is 0.0697. The first-order valence-electron chi connectivity index (χ1n) is 6.31. The number of ether oxygens (including phenoxy) is 1. The molecular formula is C16H18O3. The Bertz CT molecular complexity index is 488. The van der Waals surface area contributed by atoms with Crippen molar-refractivity contribution < 1.29 is 14.6 Å². The highest BCUT2D eigenvalue weighted by molar-refractivity contribution is 5.87. The van der Waals surface area contributed by atoms with Gasteiger partial charge in [-0.2, -0.15) is 0 Å². The molecule has 0 bridgehead atoms. The molecule has 0 aliphatic heterocycles. The normalized spacial score (nSPS) is 17.4. The van der Waals surface area contributed by atoms with Crippen LogP contribution < -0.4 is 0 Å². The molecule has 1 N–H and O–H groups in total. The van der Waals surface area contributed by atoms with Gasteiger partial charge in [0.05, 0.1) is 0 Å². The molecule has 2 aliphatic carbocycles. The van der Waals surface area contributed by atoms with E-state index in [4.69, 9.17) is 4.74 Å². The smallest absolute Gasteiger partial charge is 0.333 e. The largest absolute Gasteiger partial charge is 0.459 e. The Morgan fingerprint density at radius 3 is 2.21 bits per heavy atom. The summed E-state index contributed by atoms with van der Waals surface area (Å²) in [5.41, 5.74) is 0.839. The van der Waals surface area contributed by atoms with E-state index in [0.29, 0.717) is 18.4 Å². The molecule has 0 saturated heterocycles. The second-order valence-electron chi connectivity index (χ2n) is 4.87. The Labute approximate surface area is 113 Å². The van der Waals surface area contributed by atoms with Gasteiger partial charge in [-0.05, 0) is 30.9 Å². The van der Waals surface area contributed by atoms with Crippen LogP contribution in [-0.2, 0) is 9.53 Å². The Hall–Kier alpha value is -1.87. The molecule has 0 aromatic heterocycles. The third kappa shape index (κ3) is 2.76. The summed E-state index contributed by atoms with van der Waals surface area (Å²) >= 11 is 0. The van der Waals surface area contributed by atoms with Crippen LogP contribution in [0.1, 0.15) is 19.8 Å². The van der Waals surface area contributed by atoms with E-state index in [1.807, 2.05) is 36.5 Å². The molecule has 2 rings (SSSR count). The van der Waals surface area contributed by atoms with Gasteiger partial charge >= 0.3 is 5.97 Å². The summed E-state index contributed by atoms with van der Waals surface area (Å²) in [4.78, 5) is 11.5. The number of carbonyl (C=O) groups is 1. The van der Waals surface area contributed by atoms with Crippen LogP contribution in [-0.4, -0.2) is 23.3 Å². The van der Waals surface area contributed by atoms with E-state index >= 15 is 0 Å². The van der Waals surface area contributed by atoms with Gasteiger partial charge in [0.2, 0.25) is 0 Å². The number of hydrogen-bond donors (Lipinski definition) is 1. The zero-order valence-electron chi connectivity index (χ0n) is 11.1. The Kier molecular flexibility index (Phi) is 3.86. The lowest BCUT2D eigenvalue weighted by Crippen LogP contribution is -2.39. The number of rotatable bonds is 5. The molecular weight excluding hydrogens is 240 g/mol. The maximum atomic E-state index is 11.5. The minimum Gasteiger partial charge on any atom is -0.459 e. The van der Waals surface area contributed by atoms with Crippen molar-refractivity contribution in [3.8, 4) is 0 Å². The topological polar surface area (TPSA) is 46.5 Å². The molecule has 100 valence electrons. The maximum Gasteiger partial charge on any atom is 0.333 e. The number of esters is 1. The molecule has 3 nitrogen and oxygen atoms in total. The Balaban J connectivity index is 2.15. The van der Waals surface area contributed by atoms with Crippen molar-refractivity contribution in [2.75, 3.05) is 6.61 Å². The fourth-order valence-electron chi connectivity index (χ4n) is 2.19. The fraction of sp³-hybridized carbons (Fsp3) is 0.312. The second kappa shape index (κ2) is 5.41. The molecule has 0 fully saturated rings. The molecule has 0 radical (unpaired) electrons. The average molecular weight is 258 g/mol. The summed E-state index contributed by atoms with van der Waals surface area (Å²) in [6.07, 6.45) is 12.9. The van der Waals surface area contributed by atoms with Gasteiger partial charge in [-0.3, -0.25) is 0 Å². The van der Waals surface area contributed by atoms with Gasteiger partial charge in [-0.1, -0.05) is 43.0 Å². The van der Waals surface area contributed by atoms with Crippen LogP contribution >= 0.6 is 0 Å². The van der Waals surface area contributed by atoms with Crippen molar-refractivity contribution in [3.05, 3.63) is 59.8 Å². The summed E-state index contributed by atoms with van der Waals surface area (Å²) in [5.74, 6) is -0.475. The standard InChI is InChI=1S/C16H18O3/c1-12(2)15(17)19-11-16(18,13-7-3-4-8-13)14-9-5-6-10-14/h3-7,9,18H,1,8,10-11H2,2H3. The molecule has 0 aromatic carbocycles. The van der Waals surface area contributed by atoms with Gasteiger partial charge in [0.25, 0.3) is 0 Å². The summed E-state index contributed by atoms with van der Waals surface area (Å²) in [6, 6.07) is 0. The van der Waals surface area contributed by atoms with Crippen LogP contribution in [0.5, 0.6) is 0 Å². The van der Waals surface area contributed by atoms with Gasteiger partial charge in [-0.25, -0.2) is 4.79 Å². The quantitative estimate of drug-likeness (QED) is 0.609. The number of aliphatic hydroxyl groups is 1. The van der Waals surface area contributed by atoms with Crippen molar-refractivity contribution in [3.63, 3.8) is 0 Å². The van der Waals surface area contributed by atoms with E-state index in [1.54, 1.807) is 6.92 Å². The molecule has 0 saturated carbocycles. The first-order valence-corrected chi connectivity index (χ1v) is 6.31. The predicted octanol–water partition coefficient (Wildman–Crippen LogP) is 2.61.